The van der Waals surface area contributed by atoms with Crippen molar-refractivity contribution >= 4 is 11.9 Å². The maximum atomic E-state index is 12.1. The lowest BCUT2D eigenvalue weighted by Crippen LogP contribution is -2.16. The first-order chi connectivity index (χ1) is 10.7. The van der Waals surface area contributed by atoms with Crippen LogP contribution >= 0.6 is 0 Å². The Hall–Kier alpha value is -1.83. The molecule has 1 aliphatic carbocycles. The number of ketones is 1. The fraction of sp³-hybridized carbons (Fsp3) is 0.450. The summed E-state index contributed by atoms with van der Waals surface area (Å²) < 4.78 is 5.43. The van der Waals surface area contributed by atoms with Crippen LogP contribution < -0.4 is 4.74 Å². The van der Waals surface area contributed by atoms with E-state index in [1.165, 1.54) is 0 Å². The van der Waals surface area contributed by atoms with Crippen LogP contribution in [0.25, 0.3) is 6.08 Å². The maximum absolute atomic E-state index is 12.1. The number of carbonyl (C=O) groups is 1. The minimum absolute atomic E-state index is 0.252. The van der Waals surface area contributed by atoms with Gasteiger partial charge in [-0.1, -0.05) is 44.1 Å². The van der Waals surface area contributed by atoms with Crippen molar-refractivity contribution in [3.63, 3.8) is 0 Å². The summed E-state index contributed by atoms with van der Waals surface area (Å²) >= 11 is 0. The highest BCUT2D eigenvalue weighted by atomic mass is 16.5. The zero-order valence-electron chi connectivity index (χ0n) is 13.7. The van der Waals surface area contributed by atoms with Crippen molar-refractivity contribution in [2.24, 2.45) is 5.92 Å². The summed E-state index contributed by atoms with van der Waals surface area (Å²) in [6.07, 6.45) is 11.4. The summed E-state index contributed by atoms with van der Waals surface area (Å²) in [5, 5.41) is 0. The molecule has 0 saturated carbocycles. The molecule has 0 heterocycles. The number of hydrogen-bond acceptors (Lipinski definition) is 2. The predicted octanol–water partition coefficient (Wildman–Crippen LogP) is 5.19. The molecule has 0 spiro atoms. The molecular formula is C20H26O2. The number of rotatable bonds is 7. The second-order valence-electron chi connectivity index (χ2n) is 5.83. The van der Waals surface area contributed by atoms with Crippen molar-refractivity contribution in [2.75, 3.05) is 6.61 Å². The van der Waals surface area contributed by atoms with Crippen LogP contribution in [0.2, 0.25) is 0 Å². The van der Waals surface area contributed by atoms with Crippen LogP contribution in [0, 0.1) is 5.92 Å². The Labute approximate surface area is 133 Å². The third kappa shape index (κ3) is 4.87. The topological polar surface area (TPSA) is 26.3 Å². The average molecular weight is 298 g/mol. The highest BCUT2D eigenvalue weighted by molar-refractivity contribution is 5.93. The molecule has 2 rings (SSSR count). The van der Waals surface area contributed by atoms with Gasteiger partial charge in [0.1, 0.15) is 5.75 Å². The molecule has 1 aromatic rings. The molecule has 2 heteroatoms. The summed E-state index contributed by atoms with van der Waals surface area (Å²) in [6.45, 7) is 4.84. The number of benzene rings is 1. The van der Waals surface area contributed by atoms with E-state index in [-0.39, 0.29) is 5.92 Å². The highest BCUT2D eigenvalue weighted by Crippen LogP contribution is 2.26. The Bertz CT molecular complexity index is 537. The number of unbranched alkanes of at least 4 members (excludes halogenated alkanes) is 1. The van der Waals surface area contributed by atoms with Gasteiger partial charge in [0.2, 0.25) is 0 Å². The van der Waals surface area contributed by atoms with Gasteiger partial charge in [-0.2, -0.15) is 0 Å². The van der Waals surface area contributed by atoms with Gasteiger partial charge in [0.05, 0.1) is 6.61 Å². The van der Waals surface area contributed by atoms with E-state index < -0.39 is 0 Å². The molecule has 0 saturated heterocycles. The first kappa shape index (κ1) is 16.5. The molecule has 0 bridgehead atoms. The fourth-order valence-electron chi connectivity index (χ4n) is 2.77. The van der Waals surface area contributed by atoms with E-state index >= 15 is 0 Å². The van der Waals surface area contributed by atoms with Gasteiger partial charge >= 0.3 is 0 Å². The lowest BCUT2D eigenvalue weighted by molar-refractivity contribution is -0.119. The number of carbonyl (C=O) groups excluding carboxylic acids is 1. The Balaban J connectivity index is 1.94. The molecule has 1 unspecified atom stereocenters. The quantitative estimate of drug-likeness (QED) is 0.692. The monoisotopic (exact) mass is 298 g/mol. The molecule has 1 atom stereocenters. The normalized spacial score (nSPS) is 18.5. The van der Waals surface area contributed by atoms with Crippen molar-refractivity contribution in [3.8, 4) is 5.75 Å². The molecule has 22 heavy (non-hydrogen) atoms. The molecule has 0 radical (unpaired) electrons. The van der Waals surface area contributed by atoms with E-state index in [1.54, 1.807) is 0 Å². The molecule has 0 N–H and O–H groups in total. The Kier molecular flexibility index (Phi) is 6.45. The summed E-state index contributed by atoms with van der Waals surface area (Å²) in [5.74, 6) is 1.46. The second-order valence-corrected chi connectivity index (χ2v) is 5.83. The molecule has 2 nitrogen and oxygen atoms in total. The van der Waals surface area contributed by atoms with Gasteiger partial charge in [0, 0.05) is 5.92 Å². The Morgan fingerprint density at radius 2 is 1.95 bits per heavy atom. The van der Waals surface area contributed by atoms with Crippen LogP contribution in [0.3, 0.4) is 0 Å². The van der Waals surface area contributed by atoms with E-state index in [4.69, 9.17) is 4.74 Å². The van der Waals surface area contributed by atoms with Gasteiger partial charge in [-0.3, -0.25) is 4.79 Å². The van der Waals surface area contributed by atoms with Crippen LogP contribution in [-0.2, 0) is 4.79 Å². The second kappa shape index (κ2) is 8.57. The first-order valence-electron chi connectivity index (χ1n) is 8.38. The van der Waals surface area contributed by atoms with Crippen molar-refractivity contribution in [2.45, 2.75) is 46.0 Å². The predicted molar refractivity (Wildman–Crippen MR) is 92.0 cm³/mol. The van der Waals surface area contributed by atoms with Crippen LogP contribution in [0.4, 0.5) is 0 Å². The average Bonchev–Trinajstić information content (AvgIpc) is 2.54. The van der Waals surface area contributed by atoms with Gasteiger partial charge in [0.25, 0.3) is 0 Å². The smallest absolute Gasteiger partial charge is 0.159 e. The lowest BCUT2D eigenvalue weighted by atomic mass is 9.85. The molecule has 0 aliphatic heterocycles. The van der Waals surface area contributed by atoms with Crippen molar-refractivity contribution in [3.05, 3.63) is 47.6 Å². The van der Waals surface area contributed by atoms with E-state index in [2.05, 4.69) is 19.1 Å². The lowest BCUT2D eigenvalue weighted by Gasteiger charge is -2.19. The van der Waals surface area contributed by atoms with Crippen molar-refractivity contribution in [1.29, 1.82) is 0 Å². The minimum Gasteiger partial charge on any atom is -0.494 e. The highest BCUT2D eigenvalue weighted by Gasteiger charge is 2.20. The zero-order chi connectivity index (χ0) is 15.8. The number of hydrogen-bond donors (Lipinski definition) is 0. The molecule has 0 aromatic heterocycles. The first-order valence-corrected chi connectivity index (χ1v) is 8.38. The standard InChI is InChI=1S/C20H26O2/c1-3-5-6-18-12-9-17(15-20(18)21)8-7-16-10-13-19(14-11-16)22-4-2/h7-8,10-11,13-15,18H,3-6,9,12H2,1-2H3. The largest absolute Gasteiger partial charge is 0.494 e. The molecule has 0 amide bonds. The fourth-order valence-corrected chi connectivity index (χ4v) is 2.77. The van der Waals surface area contributed by atoms with Crippen LogP contribution in [-0.4, -0.2) is 12.4 Å². The zero-order valence-corrected chi connectivity index (χ0v) is 13.7. The van der Waals surface area contributed by atoms with Gasteiger partial charge in [-0.15, -0.1) is 0 Å². The summed E-state index contributed by atoms with van der Waals surface area (Å²) in [7, 11) is 0. The summed E-state index contributed by atoms with van der Waals surface area (Å²) in [6, 6.07) is 8.03. The van der Waals surface area contributed by atoms with Crippen LogP contribution in [0.15, 0.2) is 42.0 Å². The number of allylic oxidation sites excluding steroid dienone is 3. The number of ether oxygens (including phenoxy) is 1. The summed E-state index contributed by atoms with van der Waals surface area (Å²) in [4.78, 5) is 12.1. The Morgan fingerprint density at radius 1 is 1.18 bits per heavy atom. The van der Waals surface area contributed by atoms with Crippen LogP contribution in [0.5, 0.6) is 5.75 Å². The molecule has 1 aliphatic rings. The van der Waals surface area contributed by atoms with Crippen molar-refractivity contribution in [1.82, 2.24) is 0 Å². The van der Waals surface area contributed by atoms with Gasteiger partial charge in [-0.25, -0.2) is 0 Å². The molecule has 118 valence electrons. The molecule has 1 aromatic carbocycles. The van der Waals surface area contributed by atoms with E-state index in [0.29, 0.717) is 12.4 Å². The van der Waals surface area contributed by atoms with Gasteiger partial charge in [0.15, 0.2) is 5.78 Å². The third-order valence-corrected chi connectivity index (χ3v) is 4.10. The van der Waals surface area contributed by atoms with Crippen LogP contribution in [0.1, 0.15) is 51.5 Å². The van der Waals surface area contributed by atoms with E-state index in [0.717, 1.165) is 49.0 Å². The Morgan fingerprint density at radius 3 is 2.59 bits per heavy atom. The molecular weight excluding hydrogens is 272 g/mol. The SMILES string of the molecule is CCCCC1CCC(C=Cc2ccc(OCC)cc2)=CC1=O. The van der Waals surface area contributed by atoms with E-state index in [1.807, 2.05) is 37.3 Å². The minimum atomic E-state index is 0.252. The maximum Gasteiger partial charge on any atom is 0.159 e. The van der Waals surface area contributed by atoms with E-state index in [9.17, 15) is 4.79 Å². The summed E-state index contributed by atoms with van der Waals surface area (Å²) in [5.41, 5.74) is 2.27. The van der Waals surface area contributed by atoms with Crippen molar-refractivity contribution < 1.29 is 9.53 Å². The van der Waals surface area contributed by atoms with Gasteiger partial charge < -0.3 is 4.74 Å². The third-order valence-electron chi connectivity index (χ3n) is 4.10. The molecule has 0 fully saturated rings. The van der Waals surface area contributed by atoms with Gasteiger partial charge in [-0.05, 0) is 55.5 Å².